The lowest BCUT2D eigenvalue weighted by Crippen LogP contribution is -2.09. The summed E-state index contributed by atoms with van der Waals surface area (Å²) >= 11 is 12.1. The molecule has 0 radical (unpaired) electrons. The van der Waals surface area contributed by atoms with E-state index in [1.807, 2.05) is 30.3 Å². The van der Waals surface area contributed by atoms with Gasteiger partial charge >= 0.3 is 0 Å². The molecule has 8 heteroatoms. The van der Waals surface area contributed by atoms with Crippen molar-refractivity contribution in [2.75, 3.05) is 5.32 Å². The summed E-state index contributed by atoms with van der Waals surface area (Å²) in [4.78, 5) is 0. The van der Waals surface area contributed by atoms with Crippen LogP contribution in [-0.4, -0.2) is 20.2 Å². The van der Waals surface area contributed by atoms with Gasteiger partial charge in [-0.05, 0) is 28.6 Å². The topological polar surface area (TPSA) is 64.9 Å². The number of hydrogen-bond acceptors (Lipinski definition) is 5. The van der Waals surface area contributed by atoms with Gasteiger partial charge in [0.05, 0.1) is 6.54 Å². The predicted octanol–water partition coefficient (Wildman–Crippen LogP) is 4.36. The van der Waals surface area contributed by atoms with Gasteiger partial charge < -0.3 is 10.1 Å². The molecular weight excluding hydrogens is 373 g/mol. The Morgan fingerprint density at radius 1 is 1.15 bits per heavy atom. The molecule has 134 valence electrons. The number of anilines is 1. The Kier molecular flexibility index (Phi) is 6.09. The average molecular weight is 390 g/mol. The van der Waals surface area contributed by atoms with Crippen LogP contribution in [0.25, 0.3) is 0 Å². The van der Waals surface area contributed by atoms with Crippen molar-refractivity contribution in [3.63, 3.8) is 0 Å². The molecule has 1 aromatic heterocycles. The standard InChI is InChI=1S/C18H17Cl2N5O/c1-2-9-25-18(22-23-24-25)21-11-13-5-3-4-6-17(13)26-12-14-7-8-15(19)10-16(14)20/h2-8,10H,1,9,11-12H2,(H,21,22,24). The molecule has 1 heterocycles. The van der Waals surface area contributed by atoms with E-state index in [4.69, 9.17) is 27.9 Å². The first-order valence-electron chi connectivity index (χ1n) is 7.93. The second kappa shape index (κ2) is 8.69. The lowest BCUT2D eigenvalue weighted by molar-refractivity contribution is 0.303. The molecule has 3 rings (SSSR count). The maximum Gasteiger partial charge on any atom is 0.243 e. The minimum absolute atomic E-state index is 0.348. The number of nitrogens with zero attached hydrogens (tertiary/aromatic N) is 4. The van der Waals surface area contributed by atoms with Crippen molar-refractivity contribution in [2.45, 2.75) is 19.7 Å². The number of rotatable bonds is 8. The van der Waals surface area contributed by atoms with Crippen LogP contribution in [0.3, 0.4) is 0 Å². The number of tetrazole rings is 1. The van der Waals surface area contributed by atoms with E-state index in [1.165, 1.54) is 0 Å². The van der Waals surface area contributed by atoms with Gasteiger partial charge in [-0.15, -0.1) is 6.58 Å². The van der Waals surface area contributed by atoms with E-state index in [0.717, 1.165) is 16.9 Å². The fourth-order valence-corrected chi connectivity index (χ4v) is 2.80. The summed E-state index contributed by atoms with van der Waals surface area (Å²) in [5, 5.41) is 15.9. The van der Waals surface area contributed by atoms with Crippen LogP contribution in [0.5, 0.6) is 5.75 Å². The molecule has 0 saturated carbocycles. The highest BCUT2D eigenvalue weighted by atomic mass is 35.5. The van der Waals surface area contributed by atoms with Gasteiger partial charge in [-0.25, -0.2) is 4.68 Å². The van der Waals surface area contributed by atoms with Gasteiger partial charge in [0.15, 0.2) is 0 Å². The molecule has 26 heavy (non-hydrogen) atoms. The molecule has 3 aromatic rings. The number of benzene rings is 2. The van der Waals surface area contributed by atoms with Crippen LogP contribution in [0.4, 0.5) is 5.95 Å². The molecule has 0 amide bonds. The van der Waals surface area contributed by atoms with Crippen molar-refractivity contribution < 1.29 is 4.74 Å². The van der Waals surface area contributed by atoms with Gasteiger partial charge in [0.2, 0.25) is 5.95 Å². The quantitative estimate of drug-likeness (QED) is 0.579. The lowest BCUT2D eigenvalue weighted by Gasteiger charge is -2.13. The Labute approximate surface area is 161 Å². The first kappa shape index (κ1) is 18.2. The number of para-hydroxylation sites is 1. The SMILES string of the molecule is C=CCn1nnnc1NCc1ccccc1OCc1ccc(Cl)cc1Cl. The summed E-state index contributed by atoms with van der Waals surface area (Å²) in [5.41, 5.74) is 1.85. The number of ether oxygens (including phenoxy) is 1. The monoisotopic (exact) mass is 389 g/mol. The first-order chi connectivity index (χ1) is 12.7. The van der Waals surface area contributed by atoms with E-state index >= 15 is 0 Å². The summed E-state index contributed by atoms with van der Waals surface area (Å²) < 4.78 is 7.58. The molecule has 0 atom stereocenters. The van der Waals surface area contributed by atoms with Crippen molar-refractivity contribution in [3.8, 4) is 5.75 Å². The molecule has 1 N–H and O–H groups in total. The highest BCUT2D eigenvalue weighted by Gasteiger charge is 2.08. The van der Waals surface area contributed by atoms with Crippen LogP contribution in [0.2, 0.25) is 10.0 Å². The van der Waals surface area contributed by atoms with Crippen LogP contribution in [0.1, 0.15) is 11.1 Å². The summed E-state index contributed by atoms with van der Waals surface area (Å²) in [6.07, 6.45) is 1.73. The van der Waals surface area contributed by atoms with E-state index in [-0.39, 0.29) is 0 Å². The van der Waals surface area contributed by atoms with Gasteiger partial charge in [-0.2, -0.15) is 0 Å². The molecule has 0 fully saturated rings. The number of aromatic nitrogens is 4. The third-order valence-corrected chi connectivity index (χ3v) is 4.23. The Balaban J connectivity index is 1.68. The Bertz CT molecular complexity index is 897. The first-order valence-corrected chi connectivity index (χ1v) is 8.68. The zero-order chi connectivity index (χ0) is 18.4. The number of allylic oxidation sites excluding steroid dienone is 1. The highest BCUT2D eigenvalue weighted by Crippen LogP contribution is 2.24. The van der Waals surface area contributed by atoms with E-state index in [0.29, 0.717) is 35.7 Å². The van der Waals surface area contributed by atoms with Gasteiger partial charge in [0, 0.05) is 27.7 Å². The Hall–Kier alpha value is -2.57. The maximum absolute atomic E-state index is 6.20. The van der Waals surface area contributed by atoms with Crippen LogP contribution >= 0.6 is 23.2 Å². The van der Waals surface area contributed by atoms with Crippen LogP contribution < -0.4 is 10.1 Å². The molecule has 0 spiro atoms. The van der Waals surface area contributed by atoms with Crippen LogP contribution in [0, 0.1) is 0 Å². The third kappa shape index (κ3) is 4.53. The van der Waals surface area contributed by atoms with Crippen molar-refractivity contribution in [1.82, 2.24) is 20.2 Å². The fourth-order valence-electron chi connectivity index (χ4n) is 2.34. The van der Waals surface area contributed by atoms with E-state index in [1.54, 1.807) is 22.9 Å². The van der Waals surface area contributed by atoms with E-state index < -0.39 is 0 Å². The van der Waals surface area contributed by atoms with Crippen molar-refractivity contribution >= 4 is 29.2 Å². The highest BCUT2D eigenvalue weighted by molar-refractivity contribution is 6.35. The van der Waals surface area contributed by atoms with Crippen molar-refractivity contribution in [1.29, 1.82) is 0 Å². The zero-order valence-corrected chi connectivity index (χ0v) is 15.4. The molecular formula is C18H17Cl2N5O. The molecule has 0 bridgehead atoms. The second-order valence-corrected chi connectivity index (χ2v) is 6.30. The number of halogens is 2. The largest absolute Gasteiger partial charge is 0.488 e. The Morgan fingerprint density at radius 3 is 2.81 bits per heavy atom. The molecule has 2 aromatic carbocycles. The minimum atomic E-state index is 0.348. The third-order valence-electron chi connectivity index (χ3n) is 3.64. The van der Waals surface area contributed by atoms with Crippen LogP contribution in [-0.2, 0) is 19.7 Å². The molecule has 0 aliphatic carbocycles. The van der Waals surface area contributed by atoms with Crippen molar-refractivity contribution in [2.24, 2.45) is 0 Å². The summed E-state index contributed by atoms with van der Waals surface area (Å²) in [6.45, 7) is 5.09. The molecule has 0 aliphatic heterocycles. The number of nitrogens with one attached hydrogen (secondary N) is 1. The molecule has 0 aliphatic rings. The van der Waals surface area contributed by atoms with Gasteiger partial charge in [0.1, 0.15) is 12.4 Å². The summed E-state index contributed by atoms with van der Waals surface area (Å²) in [7, 11) is 0. The normalized spacial score (nSPS) is 10.5. The van der Waals surface area contributed by atoms with Crippen LogP contribution in [0.15, 0.2) is 55.1 Å². The summed E-state index contributed by atoms with van der Waals surface area (Å²) in [6, 6.07) is 13.1. The maximum atomic E-state index is 6.20. The average Bonchev–Trinajstić information content (AvgIpc) is 3.07. The van der Waals surface area contributed by atoms with Gasteiger partial charge in [-0.1, -0.05) is 58.6 Å². The minimum Gasteiger partial charge on any atom is -0.488 e. The molecule has 0 unspecified atom stereocenters. The Morgan fingerprint density at radius 2 is 2.00 bits per heavy atom. The van der Waals surface area contributed by atoms with E-state index in [9.17, 15) is 0 Å². The molecule has 6 nitrogen and oxygen atoms in total. The van der Waals surface area contributed by atoms with E-state index in [2.05, 4.69) is 27.4 Å². The fraction of sp³-hybridized carbons (Fsp3) is 0.167. The smallest absolute Gasteiger partial charge is 0.243 e. The van der Waals surface area contributed by atoms with Gasteiger partial charge in [-0.3, -0.25) is 0 Å². The number of hydrogen-bond donors (Lipinski definition) is 1. The van der Waals surface area contributed by atoms with Gasteiger partial charge in [0.25, 0.3) is 0 Å². The second-order valence-electron chi connectivity index (χ2n) is 5.46. The summed E-state index contributed by atoms with van der Waals surface area (Å²) in [5.74, 6) is 1.33. The predicted molar refractivity (Wildman–Crippen MR) is 103 cm³/mol. The van der Waals surface area contributed by atoms with Crippen molar-refractivity contribution in [3.05, 3.63) is 76.3 Å². The lowest BCUT2D eigenvalue weighted by atomic mass is 10.2. The zero-order valence-electron chi connectivity index (χ0n) is 13.9. The molecule has 0 saturated heterocycles.